The van der Waals surface area contributed by atoms with Crippen molar-refractivity contribution < 1.29 is 14.0 Å². The SMILES string of the molecule is C=CCN1C(=O)[C@H](CC(=O)Nc2ccc(F)cc2)SC1=Nc1ccc(C)c(C)c1. The zero-order valence-electron chi connectivity index (χ0n) is 16.3. The van der Waals surface area contributed by atoms with E-state index in [9.17, 15) is 14.0 Å². The second-order valence-electron chi connectivity index (χ2n) is 6.77. The molecule has 3 rings (SSSR count). The number of amidine groups is 1. The molecule has 1 aliphatic heterocycles. The highest BCUT2D eigenvalue weighted by Gasteiger charge is 2.38. The summed E-state index contributed by atoms with van der Waals surface area (Å²) >= 11 is 1.27. The van der Waals surface area contributed by atoms with Crippen molar-refractivity contribution in [3.8, 4) is 0 Å². The quantitative estimate of drug-likeness (QED) is 0.708. The molecule has 0 aromatic heterocycles. The third-order valence-electron chi connectivity index (χ3n) is 4.55. The van der Waals surface area contributed by atoms with E-state index < -0.39 is 5.25 Å². The summed E-state index contributed by atoms with van der Waals surface area (Å²) in [6.45, 7) is 8.07. The summed E-state index contributed by atoms with van der Waals surface area (Å²) in [4.78, 5) is 31.3. The molecule has 1 atom stereocenters. The number of aliphatic imine (C=N–C) groups is 1. The molecule has 0 radical (unpaired) electrons. The third kappa shape index (κ3) is 5.12. The summed E-state index contributed by atoms with van der Waals surface area (Å²) < 4.78 is 13.0. The van der Waals surface area contributed by atoms with E-state index in [1.165, 1.54) is 41.6 Å². The molecule has 150 valence electrons. The van der Waals surface area contributed by atoms with Crippen molar-refractivity contribution in [2.75, 3.05) is 11.9 Å². The number of halogens is 1. The van der Waals surface area contributed by atoms with Crippen LogP contribution < -0.4 is 5.32 Å². The lowest BCUT2D eigenvalue weighted by atomic mass is 10.1. The predicted molar refractivity (Wildman–Crippen MR) is 116 cm³/mol. The largest absolute Gasteiger partial charge is 0.326 e. The first-order chi connectivity index (χ1) is 13.9. The van der Waals surface area contributed by atoms with Crippen molar-refractivity contribution in [1.82, 2.24) is 4.90 Å². The first kappa shape index (κ1) is 20.8. The van der Waals surface area contributed by atoms with Crippen molar-refractivity contribution in [2.45, 2.75) is 25.5 Å². The van der Waals surface area contributed by atoms with Gasteiger partial charge in [0.05, 0.1) is 5.69 Å². The molecule has 0 saturated carbocycles. The van der Waals surface area contributed by atoms with Gasteiger partial charge in [-0.1, -0.05) is 23.9 Å². The maximum Gasteiger partial charge on any atom is 0.242 e. The van der Waals surface area contributed by atoms with Crippen LogP contribution in [0, 0.1) is 19.7 Å². The number of aryl methyl sites for hydroxylation is 2. The molecule has 1 N–H and O–H groups in total. The predicted octanol–water partition coefficient (Wildman–Crippen LogP) is 4.59. The Balaban J connectivity index is 1.74. The van der Waals surface area contributed by atoms with Crippen LogP contribution in [0.15, 0.2) is 60.1 Å². The average Bonchev–Trinajstić information content (AvgIpc) is 2.95. The summed E-state index contributed by atoms with van der Waals surface area (Å²) in [5.74, 6) is -0.864. The highest BCUT2D eigenvalue weighted by atomic mass is 32.2. The number of hydrogen-bond acceptors (Lipinski definition) is 4. The fourth-order valence-corrected chi connectivity index (χ4v) is 4.01. The summed E-state index contributed by atoms with van der Waals surface area (Å²) in [7, 11) is 0. The lowest BCUT2D eigenvalue weighted by molar-refractivity contribution is -0.127. The standard InChI is InChI=1S/C22H22FN3O2S/c1-4-11-26-21(28)19(13-20(27)24-17-9-6-16(23)7-10-17)29-22(26)25-18-8-5-14(2)15(3)12-18/h4-10,12,19H,1,11,13H2,2-3H3,(H,24,27)/t19-/m0/s1. The summed E-state index contributed by atoms with van der Waals surface area (Å²) in [6.07, 6.45) is 1.63. The van der Waals surface area contributed by atoms with Gasteiger partial charge in [-0.3, -0.25) is 14.5 Å². The normalized spacial score (nSPS) is 17.6. The van der Waals surface area contributed by atoms with Crippen LogP contribution in [-0.4, -0.2) is 33.7 Å². The molecule has 2 aromatic rings. The van der Waals surface area contributed by atoms with Gasteiger partial charge in [0.1, 0.15) is 11.1 Å². The van der Waals surface area contributed by atoms with Crippen LogP contribution in [0.2, 0.25) is 0 Å². The van der Waals surface area contributed by atoms with Gasteiger partial charge in [-0.05, 0) is 61.4 Å². The van der Waals surface area contributed by atoms with Crippen LogP contribution in [0.1, 0.15) is 17.5 Å². The lowest BCUT2D eigenvalue weighted by Crippen LogP contribution is -2.33. The van der Waals surface area contributed by atoms with E-state index >= 15 is 0 Å². The van der Waals surface area contributed by atoms with Gasteiger partial charge in [0.15, 0.2) is 5.17 Å². The molecule has 1 fully saturated rings. The highest BCUT2D eigenvalue weighted by Crippen LogP contribution is 2.32. The molecule has 0 unspecified atom stereocenters. The van der Waals surface area contributed by atoms with E-state index in [0.29, 0.717) is 17.4 Å². The molecule has 0 bridgehead atoms. The maximum absolute atomic E-state index is 13.0. The Morgan fingerprint density at radius 1 is 1.24 bits per heavy atom. The van der Waals surface area contributed by atoms with Crippen molar-refractivity contribution in [3.05, 3.63) is 72.1 Å². The Hall–Kier alpha value is -2.93. The number of amides is 2. The van der Waals surface area contributed by atoms with Crippen molar-refractivity contribution >= 4 is 40.1 Å². The van der Waals surface area contributed by atoms with Gasteiger partial charge in [-0.25, -0.2) is 9.38 Å². The summed E-state index contributed by atoms with van der Waals surface area (Å²) in [5, 5.41) is 2.68. The van der Waals surface area contributed by atoms with E-state index in [4.69, 9.17) is 0 Å². The van der Waals surface area contributed by atoms with Gasteiger partial charge in [0.25, 0.3) is 0 Å². The number of rotatable bonds is 6. The van der Waals surface area contributed by atoms with Crippen molar-refractivity contribution in [2.24, 2.45) is 4.99 Å². The summed E-state index contributed by atoms with van der Waals surface area (Å²) in [5.41, 5.74) is 3.53. The van der Waals surface area contributed by atoms with Crippen molar-refractivity contribution in [1.29, 1.82) is 0 Å². The van der Waals surface area contributed by atoms with E-state index in [0.717, 1.165) is 11.3 Å². The molecule has 2 aromatic carbocycles. The fourth-order valence-electron chi connectivity index (χ4n) is 2.84. The summed E-state index contributed by atoms with van der Waals surface area (Å²) in [6, 6.07) is 11.4. The number of hydrogen-bond donors (Lipinski definition) is 1. The second kappa shape index (κ2) is 9.05. The molecule has 7 heteroatoms. The van der Waals surface area contributed by atoms with Gasteiger partial charge < -0.3 is 5.32 Å². The molecule has 5 nitrogen and oxygen atoms in total. The minimum Gasteiger partial charge on any atom is -0.326 e. The molecule has 29 heavy (non-hydrogen) atoms. The molecule has 2 amide bonds. The van der Waals surface area contributed by atoms with Crippen LogP contribution in [0.4, 0.5) is 15.8 Å². The molecular weight excluding hydrogens is 389 g/mol. The van der Waals surface area contributed by atoms with Gasteiger partial charge >= 0.3 is 0 Å². The molecule has 1 aliphatic rings. The number of nitrogens with zero attached hydrogens (tertiary/aromatic N) is 2. The minimum absolute atomic E-state index is 0.000461. The van der Waals surface area contributed by atoms with Gasteiger partial charge in [-0.15, -0.1) is 6.58 Å². The monoisotopic (exact) mass is 411 g/mol. The van der Waals surface area contributed by atoms with Crippen LogP contribution >= 0.6 is 11.8 Å². The molecule has 1 heterocycles. The molecule has 1 saturated heterocycles. The van der Waals surface area contributed by atoms with Crippen LogP contribution in [0.25, 0.3) is 0 Å². The highest BCUT2D eigenvalue weighted by molar-refractivity contribution is 8.15. The Kier molecular flexibility index (Phi) is 6.49. The topological polar surface area (TPSA) is 61.8 Å². The second-order valence-corrected chi connectivity index (χ2v) is 7.94. The van der Waals surface area contributed by atoms with Gasteiger partial charge in [0, 0.05) is 18.7 Å². The Bertz CT molecular complexity index is 973. The maximum atomic E-state index is 13.0. The van der Waals surface area contributed by atoms with E-state index in [-0.39, 0.29) is 24.1 Å². The van der Waals surface area contributed by atoms with Crippen LogP contribution in [0.5, 0.6) is 0 Å². The first-order valence-electron chi connectivity index (χ1n) is 9.17. The number of carbonyl (C=O) groups is 2. The Morgan fingerprint density at radius 2 is 1.97 bits per heavy atom. The lowest BCUT2D eigenvalue weighted by Gasteiger charge is -2.14. The fraction of sp³-hybridized carbons (Fsp3) is 0.227. The molecular formula is C22H22FN3O2S. The van der Waals surface area contributed by atoms with Gasteiger partial charge in [0.2, 0.25) is 11.8 Å². The third-order valence-corrected chi connectivity index (χ3v) is 5.72. The number of nitrogens with one attached hydrogen (secondary N) is 1. The smallest absolute Gasteiger partial charge is 0.242 e. The zero-order valence-corrected chi connectivity index (χ0v) is 17.1. The van der Waals surface area contributed by atoms with Crippen LogP contribution in [0.3, 0.4) is 0 Å². The molecule has 0 spiro atoms. The van der Waals surface area contributed by atoms with Crippen molar-refractivity contribution in [3.63, 3.8) is 0 Å². The number of carbonyl (C=O) groups excluding carboxylic acids is 2. The van der Waals surface area contributed by atoms with E-state index in [1.54, 1.807) is 11.0 Å². The first-order valence-corrected chi connectivity index (χ1v) is 10.1. The average molecular weight is 412 g/mol. The molecule has 0 aliphatic carbocycles. The van der Waals surface area contributed by atoms with E-state index in [2.05, 4.69) is 16.9 Å². The number of benzene rings is 2. The Labute approximate surface area is 173 Å². The van der Waals surface area contributed by atoms with Crippen LogP contribution in [-0.2, 0) is 9.59 Å². The minimum atomic E-state index is -0.569. The Morgan fingerprint density at radius 3 is 2.62 bits per heavy atom. The zero-order chi connectivity index (χ0) is 21.0. The number of thioether (sulfide) groups is 1. The van der Waals surface area contributed by atoms with Gasteiger partial charge in [-0.2, -0.15) is 0 Å². The van der Waals surface area contributed by atoms with E-state index in [1.807, 2.05) is 32.0 Å². The number of anilines is 1.